The van der Waals surface area contributed by atoms with E-state index in [9.17, 15) is 18.3 Å². The summed E-state index contributed by atoms with van der Waals surface area (Å²) in [7, 11) is 0. The van der Waals surface area contributed by atoms with Gasteiger partial charge in [0, 0.05) is 43.6 Å². The van der Waals surface area contributed by atoms with Gasteiger partial charge in [-0.3, -0.25) is 14.3 Å². The highest BCUT2D eigenvalue weighted by atomic mass is 19.3. The molecule has 1 fully saturated rings. The zero-order valence-electron chi connectivity index (χ0n) is 21.6. The lowest BCUT2D eigenvalue weighted by Crippen LogP contribution is -2.49. The summed E-state index contributed by atoms with van der Waals surface area (Å²) in [6, 6.07) is 3.10. The van der Waals surface area contributed by atoms with E-state index >= 15 is 0 Å². The van der Waals surface area contributed by atoms with Crippen LogP contribution in [0.3, 0.4) is 0 Å². The fourth-order valence-corrected chi connectivity index (χ4v) is 5.33. The highest BCUT2D eigenvalue weighted by Gasteiger charge is 2.41. The molecule has 0 saturated carbocycles. The molecule has 0 bridgehead atoms. The zero-order valence-corrected chi connectivity index (χ0v) is 21.6. The average molecular weight is 523 g/mol. The van der Waals surface area contributed by atoms with Gasteiger partial charge in [-0.1, -0.05) is 12.7 Å². The average Bonchev–Trinajstić information content (AvgIpc) is 3.53. The van der Waals surface area contributed by atoms with Gasteiger partial charge >= 0.3 is 0 Å². The molecule has 37 heavy (non-hydrogen) atoms. The molecule has 1 saturated heterocycles. The summed E-state index contributed by atoms with van der Waals surface area (Å²) in [5.41, 5.74) is 3.00. The largest absolute Gasteiger partial charge is 0.454 e. The lowest BCUT2D eigenvalue weighted by Gasteiger charge is -2.43. The molecule has 0 radical (unpaired) electrons. The Kier molecular flexibility index (Phi) is 8.82. The van der Waals surface area contributed by atoms with Gasteiger partial charge in [0.15, 0.2) is 11.5 Å². The summed E-state index contributed by atoms with van der Waals surface area (Å²) < 4.78 is 52.4. The van der Waals surface area contributed by atoms with Crippen molar-refractivity contribution in [2.24, 2.45) is 4.99 Å². The number of nitrogens with zero attached hydrogens (tertiary/aromatic N) is 3. The number of ether oxygens (including phenoxy) is 2. The normalized spacial score (nSPS) is 24.6. The molecule has 4 rings (SSSR count). The van der Waals surface area contributed by atoms with E-state index in [1.165, 1.54) is 0 Å². The number of aliphatic imine (C=N–C) groups is 1. The number of fused-ring (bicyclic) bond motifs is 2. The number of likely N-dealkylation sites (tertiary alicyclic amines) is 1. The molecule has 0 aromatic heterocycles. The van der Waals surface area contributed by atoms with Gasteiger partial charge in [0.05, 0.1) is 25.0 Å². The molecule has 3 aliphatic heterocycles. The minimum atomic E-state index is -3.27. The van der Waals surface area contributed by atoms with Crippen molar-refractivity contribution in [3.05, 3.63) is 47.3 Å². The summed E-state index contributed by atoms with van der Waals surface area (Å²) in [6.07, 6.45) is 5.62. The SMILES string of the molecule is C=C(/N=C\C(=C/C)N[C@H]1CCN(CCCF)C1)[C@@H]1c2cc3c(cc2C[C@@H](C)N1CC(F)(F)CO)OCO3. The van der Waals surface area contributed by atoms with Gasteiger partial charge in [-0.15, -0.1) is 0 Å². The molecule has 7 nitrogen and oxygen atoms in total. The Bertz CT molecular complexity index is 1030. The third kappa shape index (κ3) is 6.48. The van der Waals surface area contributed by atoms with E-state index in [2.05, 4.69) is 21.8 Å². The molecule has 0 unspecified atom stereocenters. The molecule has 0 aliphatic carbocycles. The lowest BCUT2D eigenvalue weighted by atomic mass is 9.86. The maximum absolute atomic E-state index is 14.4. The number of halogens is 3. The highest BCUT2D eigenvalue weighted by molar-refractivity contribution is 5.78. The predicted molar refractivity (Wildman–Crippen MR) is 137 cm³/mol. The molecule has 10 heteroatoms. The van der Waals surface area contributed by atoms with Crippen LogP contribution in [0, 0.1) is 0 Å². The van der Waals surface area contributed by atoms with E-state index in [-0.39, 0.29) is 25.6 Å². The van der Waals surface area contributed by atoms with Crippen molar-refractivity contribution < 1.29 is 27.8 Å². The Morgan fingerprint density at radius 1 is 1.32 bits per heavy atom. The second-order valence-electron chi connectivity index (χ2n) is 10.0. The van der Waals surface area contributed by atoms with E-state index in [4.69, 9.17) is 9.47 Å². The third-order valence-corrected chi connectivity index (χ3v) is 7.23. The lowest BCUT2D eigenvalue weighted by molar-refractivity contribution is -0.0866. The number of aliphatic hydroxyl groups excluding tert-OH is 1. The molecule has 3 atom stereocenters. The first-order valence-electron chi connectivity index (χ1n) is 12.9. The van der Waals surface area contributed by atoms with Crippen molar-refractivity contribution in [3.63, 3.8) is 0 Å². The number of hydrogen-bond donors (Lipinski definition) is 2. The fraction of sp³-hybridized carbons (Fsp3) is 0.593. The van der Waals surface area contributed by atoms with E-state index in [1.54, 1.807) is 11.1 Å². The summed E-state index contributed by atoms with van der Waals surface area (Å²) in [5, 5.41) is 12.7. The van der Waals surface area contributed by atoms with Crippen molar-refractivity contribution in [1.82, 2.24) is 15.1 Å². The van der Waals surface area contributed by atoms with Gasteiger partial charge in [0.2, 0.25) is 6.79 Å². The molecule has 1 aromatic carbocycles. The number of aliphatic hydroxyl groups is 1. The van der Waals surface area contributed by atoms with Gasteiger partial charge in [0.1, 0.15) is 6.61 Å². The van der Waals surface area contributed by atoms with Crippen LogP contribution in [0.15, 0.2) is 41.2 Å². The van der Waals surface area contributed by atoms with E-state index in [0.717, 1.165) is 42.9 Å². The predicted octanol–water partition coefficient (Wildman–Crippen LogP) is 3.84. The van der Waals surface area contributed by atoms with Gasteiger partial charge in [-0.2, -0.15) is 0 Å². The maximum atomic E-state index is 14.4. The van der Waals surface area contributed by atoms with Crippen LogP contribution >= 0.6 is 0 Å². The molecular weight excluding hydrogens is 485 g/mol. The molecule has 204 valence electrons. The minimum Gasteiger partial charge on any atom is -0.454 e. The Morgan fingerprint density at radius 2 is 2.08 bits per heavy atom. The number of alkyl halides is 3. The zero-order chi connectivity index (χ0) is 26.6. The van der Waals surface area contributed by atoms with Crippen LogP contribution in [-0.2, 0) is 6.42 Å². The van der Waals surface area contributed by atoms with Gasteiger partial charge in [0.25, 0.3) is 5.92 Å². The molecule has 0 amide bonds. The second-order valence-corrected chi connectivity index (χ2v) is 10.0. The number of benzene rings is 1. The topological polar surface area (TPSA) is 69.6 Å². The van der Waals surface area contributed by atoms with Gasteiger partial charge < -0.3 is 24.8 Å². The monoisotopic (exact) mass is 522 g/mol. The van der Waals surface area contributed by atoms with Crippen molar-refractivity contribution in [3.8, 4) is 11.5 Å². The Labute approximate surface area is 216 Å². The van der Waals surface area contributed by atoms with Gasteiger partial charge in [-0.25, -0.2) is 8.78 Å². The fourth-order valence-electron chi connectivity index (χ4n) is 5.33. The van der Waals surface area contributed by atoms with Crippen LogP contribution in [0.4, 0.5) is 13.2 Å². The Morgan fingerprint density at radius 3 is 2.78 bits per heavy atom. The molecule has 3 heterocycles. The first kappa shape index (κ1) is 27.5. The number of hydrogen-bond acceptors (Lipinski definition) is 7. The highest BCUT2D eigenvalue weighted by Crippen LogP contribution is 2.45. The summed E-state index contributed by atoms with van der Waals surface area (Å²) >= 11 is 0. The molecule has 2 N–H and O–H groups in total. The minimum absolute atomic E-state index is 0.118. The Balaban J connectivity index is 1.54. The van der Waals surface area contributed by atoms with Crippen LogP contribution < -0.4 is 14.8 Å². The molecule has 1 aromatic rings. The summed E-state index contributed by atoms with van der Waals surface area (Å²) in [5.74, 6) is -2.06. The molecule has 3 aliphatic rings. The maximum Gasteiger partial charge on any atom is 0.283 e. The van der Waals surface area contributed by atoms with Crippen LogP contribution in [0.5, 0.6) is 11.5 Å². The van der Waals surface area contributed by atoms with Crippen LogP contribution in [-0.4, -0.2) is 85.4 Å². The summed E-state index contributed by atoms with van der Waals surface area (Å²) in [6.45, 7) is 8.41. The first-order chi connectivity index (χ1) is 17.7. The third-order valence-electron chi connectivity index (χ3n) is 7.23. The standard InChI is InChI=1S/C27H37F3N4O3/c1-4-21(32-22-6-9-33(14-22)8-5-7-28)13-31-19(3)26-23-12-25-24(36-17-37-25)11-20(23)10-18(2)34(26)15-27(29,30)16-35/h4,11-13,18,22,26,32,35H,3,5-10,14-17H2,1-2H3/b21-4+,31-13-/t18-,22+,26-/m1/s1. The Hall–Kier alpha value is -2.56. The van der Waals surface area contributed by atoms with Gasteiger partial charge in [-0.05, 0) is 56.4 Å². The van der Waals surface area contributed by atoms with E-state index in [1.807, 2.05) is 32.1 Å². The number of rotatable bonds is 11. The quantitative estimate of drug-likeness (QED) is 0.431. The molecular formula is C27H37F3N4O3. The van der Waals surface area contributed by atoms with Crippen LogP contribution in [0.1, 0.15) is 43.9 Å². The first-order valence-corrected chi connectivity index (χ1v) is 12.9. The van der Waals surface area contributed by atoms with Crippen molar-refractivity contribution in [1.29, 1.82) is 0 Å². The van der Waals surface area contributed by atoms with Crippen molar-refractivity contribution >= 4 is 6.21 Å². The number of allylic oxidation sites excluding steroid dienone is 2. The van der Waals surface area contributed by atoms with Crippen LogP contribution in [0.2, 0.25) is 0 Å². The second kappa shape index (κ2) is 11.9. The smallest absolute Gasteiger partial charge is 0.283 e. The van der Waals surface area contributed by atoms with Crippen LogP contribution in [0.25, 0.3) is 0 Å². The number of nitrogens with one attached hydrogen (secondary N) is 1. The van der Waals surface area contributed by atoms with E-state index in [0.29, 0.717) is 30.0 Å². The molecule has 0 spiro atoms. The van der Waals surface area contributed by atoms with E-state index < -0.39 is 25.1 Å². The summed E-state index contributed by atoms with van der Waals surface area (Å²) in [4.78, 5) is 8.52. The van der Waals surface area contributed by atoms with Crippen molar-refractivity contribution in [2.75, 3.05) is 46.3 Å². The van der Waals surface area contributed by atoms with Crippen molar-refractivity contribution in [2.45, 2.75) is 57.2 Å².